The van der Waals surface area contributed by atoms with Gasteiger partial charge in [-0.15, -0.1) is 0 Å². The molecule has 0 bridgehead atoms. The van der Waals surface area contributed by atoms with Gasteiger partial charge in [-0.25, -0.2) is 4.98 Å². The number of nitrogens with zero attached hydrogens (tertiary/aromatic N) is 4. The SMILES string of the molecule is N#CCc1nc(-c2ncc(Cl)cc2Cl)no1. The number of pyridine rings is 1. The number of hydrogen-bond donors (Lipinski definition) is 0. The Morgan fingerprint density at radius 2 is 2.25 bits per heavy atom. The first-order valence-corrected chi connectivity index (χ1v) is 4.97. The van der Waals surface area contributed by atoms with Gasteiger partial charge in [0.15, 0.2) is 0 Å². The molecule has 0 amide bonds. The fourth-order valence-electron chi connectivity index (χ4n) is 1.07. The van der Waals surface area contributed by atoms with Gasteiger partial charge in [-0.05, 0) is 6.07 Å². The van der Waals surface area contributed by atoms with Crippen LogP contribution >= 0.6 is 23.2 Å². The van der Waals surface area contributed by atoms with Crippen molar-refractivity contribution < 1.29 is 4.52 Å². The van der Waals surface area contributed by atoms with E-state index in [9.17, 15) is 0 Å². The average molecular weight is 255 g/mol. The monoisotopic (exact) mass is 254 g/mol. The van der Waals surface area contributed by atoms with Gasteiger partial charge in [0.25, 0.3) is 0 Å². The summed E-state index contributed by atoms with van der Waals surface area (Å²) in [5, 5.41) is 12.9. The molecule has 2 aromatic heterocycles. The van der Waals surface area contributed by atoms with Crippen molar-refractivity contribution in [2.75, 3.05) is 0 Å². The van der Waals surface area contributed by atoms with Gasteiger partial charge in [0.2, 0.25) is 11.7 Å². The fraction of sp³-hybridized carbons (Fsp3) is 0.111. The summed E-state index contributed by atoms with van der Waals surface area (Å²) >= 11 is 11.6. The molecule has 0 aliphatic heterocycles. The number of nitriles is 1. The molecule has 80 valence electrons. The predicted molar refractivity (Wildman–Crippen MR) is 56.9 cm³/mol. The molecular weight excluding hydrogens is 251 g/mol. The van der Waals surface area contributed by atoms with Gasteiger partial charge in [0.05, 0.1) is 16.1 Å². The van der Waals surface area contributed by atoms with Crippen LogP contribution in [0, 0.1) is 11.3 Å². The Bertz CT molecular complexity index is 561. The summed E-state index contributed by atoms with van der Waals surface area (Å²) in [6.45, 7) is 0. The number of halogens is 2. The first-order valence-electron chi connectivity index (χ1n) is 4.21. The van der Waals surface area contributed by atoms with Crippen molar-refractivity contribution in [1.82, 2.24) is 15.1 Å². The van der Waals surface area contributed by atoms with E-state index in [-0.39, 0.29) is 18.1 Å². The first-order chi connectivity index (χ1) is 7.70. The van der Waals surface area contributed by atoms with Crippen LogP contribution in [0.3, 0.4) is 0 Å². The zero-order chi connectivity index (χ0) is 11.5. The lowest BCUT2D eigenvalue weighted by atomic mass is 10.3. The second kappa shape index (κ2) is 4.47. The van der Waals surface area contributed by atoms with Gasteiger partial charge in [-0.3, -0.25) is 0 Å². The minimum Gasteiger partial charge on any atom is -0.338 e. The van der Waals surface area contributed by atoms with E-state index in [1.54, 1.807) is 0 Å². The molecular formula is C9H4Cl2N4O. The molecule has 0 unspecified atom stereocenters. The van der Waals surface area contributed by atoms with Gasteiger partial charge < -0.3 is 4.52 Å². The Kier molecular flexibility index (Phi) is 3.04. The van der Waals surface area contributed by atoms with Crippen LogP contribution in [0.5, 0.6) is 0 Å². The molecule has 0 saturated carbocycles. The van der Waals surface area contributed by atoms with Crippen LogP contribution in [-0.4, -0.2) is 15.1 Å². The van der Waals surface area contributed by atoms with Crippen molar-refractivity contribution in [1.29, 1.82) is 5.26 Å². The van der Waals surface area contributed by atoms with Gasteiger partial charge >= 0.3 is 0 Å². The van der Waals surface area contributed by atoms with E-state index in [2.05, 4.69) is 15.1 Å². The molecule has 0 saturated heterocycles. The van der Waals surface area contributed by atoms with Crippen molar-refractivity contribution in [3.63, 3.8) is 0 Å². The lowest BCUT2D eigenvalue weighted by Gasteiger charge is -1.97. The molecule has 0 spiro atoms. The Labute approximate surface area is 101 Å². The summed E-state index contributed by atoms with van der Waals surface area (Å²) < 4.78 is 4.83. The highest BCUT2D eigenvalue weighted by atomic mass is 35.5. The molecule has 0 fully saturated rings. The summed E-state index contributed by atoms with van der Waals surface area (Å²) in [6, 6.07) is 3.44. The summed E-state index contributed by atoms with van der Waals surface area (Å²) in [6.07, 6.45) is 1.49. The van der Waals surface area contributed by atoms with Crippen LogP contribution in [-0.2, 0) is 6.42 Å². The normalized spacial score (nSPS) is 10.1. The zero-order valence-corrected chi connectivity index (χ0v) is 9.33. The van der Waals surface area contributed by atoms with Gasteiger partial charge in [0.1, 0.15) is 12.1 Å². The second-order valence-electron chi connectivity index (χ2n) is 2.83. The molecule has 0 aliphatic carbocycles. The minimum atomic E-state index is 0.0538. The summed E-state index contributed by atoms with van der Waals surface area (Å²) in [7, 11) is 0. The maximum atomic E-state index is 8.45. The number of aromatic nitrogens is 3. The topological polar surface area (TPSA) is 75.6 Å². The van der Waals surface area contributed by atoms with Crippen molar-refractivity contribution in [2.45, 2.75) is 6.42 Å². The summed E-state index contributed by atoms with van der Waals surface area (Å²) in [4.78, 5) is 7.96. The first kappa shape index (κ1) is 10.9. The fourth-order valence-corrected chi connectivity index (χ4v) is 1.53. The Morgan fingerprint density at radius 3 is 2.94 bits per heavy atom. The van der Waals surface area contributed by atoms with Crippen molar-refractivity contribution in [3.8, 4) is 17.6 Å². The molecule has 0 N–H and O–H groups in total. The molecule has 2 heterocycles. The van der Waals surface area contributed by atoms with E-state index in [0.717, 1.165) is 0 Å². The molecule has 0 aromatic carbocycles. The Hall–Kier alpha value is -1.64. The van der Waals surface area contributed by atoms with E-state index in [1.807, 2.05) is 6.07 Å². The van der Waals surface area contributed by atoms with Crippen molar-refractivity contribution in [2.24, 2.45) is 0 Å². The minimum absolute atomic E-state index is 0.0538. The van der Waals surface area contributed by atoms with Crippen LogP contribution in [0.25, 0.3) is 11.5 Å². The second-order valence-corrected chi connectivity index (χ2v) is 3.67. The third-order valence-electron chi connectivity index (χ3n) is 1.72. The molecule has 5 nitrogen and oxygen atoms in total. The van der Waals surface area contributed by atoms with E-state index < -0.39 is 0 Å². The van der Waals surface area contributed by atoms with E-state index in [4.69, 9.17) is 33.0 Å². The standard InChI is InChI=1S/C9H4Cl2N4O/c10-5-3-6(11)8(13-4-5)9-14-7(1-2-12)16-15-9/h3-4H,1H2. The molecule has 16 heavy (non-hydrogen) atoms. The molecule has 2 rings (SSSR count). The Morgan fingerprint density at radius 1 is 1.44 bits per heavy atom. The van der Waals surface area contributed by atoms with Crippen molar-refractivity contribution in [3.05, 3.63) is 28.2 Å². The average Bonchev–Trinajstić information content (AvgIpc) is 2.67. The van der Waals surface area contributed by atoms with Crippen molar-refractivity contribution >= 4 is 23.2 Å². The highest BCUT2D eigenvalue weighted by Crippen LogP contribution is 2.25. The van der Waals surface area contributed by atoms with E-state index >= 15 is 0 Å². The predicted octanol–water partition coefficient (Wildman–Crippen LogP) is 2.50. The number of hydrogen-bond acceptors (Lipinski definition) is 5. The Balaban J connectivity index is 2.39. The molecule has 0 aliphatic rings. The van der Waals surface area contributed by atoms with E-state index in [1.165, 1.54) is 12.3 Å². The van der Waals surface area contributed by atoms with E-state index in [0.29, 0.717) is 15.7 Å². The van der Waals surface area contributed by atoms with Crippen LogP contribution in [0.4, 0.5) is 0 Å². The smallest absolute Gasteiger partial charge is 0.241 e. The summed E-state index contributed by atoms with van der Waals surface area (Å²) in [5.41, 5.74) is 0.374. The largest absolute Gasteiger partial charge is 0.338 e. The van der Waals surface area contributed by atoms with Gasteiger partial charge in [0, 0.05) is 6.20 Å². The van der Waals surface area contributed by atoms with Crippen LogP contribution < -0.4 is 0 Å². The lowest BCUT2D eigenvalue weighted by Crippen LogP contribution is -1.88. The maximum absolute atomic E-state index is 8.45. The molecule has 7 heteroatoms. The van der Waals surface area contributed by atoms with Gasteiger partial charge in [-0.2, -0.15) is 10.2 Å². The lowest BCUT2D eigenvalue weighted by molar-refractivity contribution is 0.387. The third-order valence-corrected chi connectivity index (χ3v) is 2.21. The summed E-state index contributed by atoms with van der Waals surface area (Å²) in [5.74, 6) is 0.470. The highest BCUT2D eigenvalue weighted by molar-refractivity contribution is 6.35. The highest BCUT2D eigenvalue weighted by Gasteiger charge is 2.13. The zero-order valence-electron chi connectivity index (χ0n) is 7.81. The van der Waals surface area contributed by atoms with Crippen LogP contribution in [0.2, 0.25) is 10.0 Å². The van der Waals surface area contributed by atoms with Crippen LogP contribution in [0.1, 0.15) is 5.89 Å². The maximum Gasteiger partial charge on any atom is 0.241 e. The number of rotatable bonds is 2. The molecule has 2 aromatic rings. The molecule has 0 atom stereocenters. The van der Waals surface area contributed by atoms with Gasteiger partial charge in [-0.1, -0.05) is 28.4 Å². The quantitative estimate of drug-likeness (QED) is 0.823. The van der Waals surface area contributed by atoms with Crippen LogP contribution in [0.15, 0.2) is 16.8 Å². The third kappa shape index (κ3) is 2.13. The molecule has 0 radical (unpaired) electrons.